The molecule has 12 heteroatoms. The van der Waals surface area contributed by atoms with Crippen molar-refractivity contribution in [1.29, 1.82) is 0 Å². The second-order valence-corrected chi connectivity index (χ2v) is 8.58. The van der Waals surface area contributed by atoms with Crippen LogP contribution >= 0.6 is 0 Å². The summed E-state index contributed by atoms with van der Waals surface area (Å²) in [6.45, 7) is 2.11. The predicted molar refractivity (Wildman–Crippen MR) is 133 cm³/mol. The Morgan fingerprint density at radius 1 is 1.37 bits per heavy atom. The van der Waals surface area contributed by atoms with Crippen LogP contribution in [0.3, 0.4) is 0 Å². The molecule has 1 amide bonds. The molecule has 0 unspecified atom stereocenters. The van der Waals surface area contributed by atoms with E-state index in [1.807, 2.05) is 37.2 Å². The number of likely N-dealkylation sites (N-methyl/N-ethyl adjacent to an activating group) is 1. The number of nitrogens with one attached hydrogen (secondary N) is 2. The van der Waals surface area contributed by atoms with Gasteiger partial charge in [0.1, 0.15) is 5.82 Å². The summed E-state index contributed by atoms with van der Waals surface area (Å²) in [4.78, 5) is 18.4. The van der Waals surface area contributed by atoms with Crippen molar-refractivity contribution < 1.29 is 18.7 Å². The van der Waals surface area contributed by atoms with Crippen LogP contribution in [0.1, 0.15) is 16.8 Å². The lowest BCUT2D eigenvalue weighted by Crippen LogP contribution is -2.47. The van der Waals surface area contributed by atoms with Gasteiger partial charge in [-0.15, -0.1) is 0 Å². The molecule has 0 aliphatic carbocycles. The van der Waals surface area contributed by atoms with Crippen molar-refractivity contribution in [2.24, 2.45) is 18.5 Å². The van der Waals surface area contributed by atoms with Crippen LogP contribution in [0.4, 0.5) is 27.5 Å². The summed E-state index contributed by atoms with van der Waals surface area (Å²) in [6, 6.07) is 6.20. The van der Waals surface area contributed by atoms with Gasteiger partial charge in [0, 0.05) is 57.5 Å². The fourth-order valence-electron chi connectivity index (χ4n) is 4.07. The number of rotatable bonds is 9. The van der Waals surface area contributed by atoms with Crippen molar-refractivity contribution in [3.8, 4) is 0 Å². The molecule has 0 radical (unpaired) electrons. The maximum absolute atomic E-state index is 14.8. The van der Waals surface area contributed by atoms with E-state index in [4.69, 9.17) is 20.9 Å². The van der Waals surface area contributed by atoms with E-state index in [0.717, 1.165) is 22.8 Å². The summed E-state index contributed by atoms with van der Waals surface area (Å²) >= 11 is 0. The van der Waals surface area contributed by atoms with Crippen LogP contribution in [0.2, 0.25) is 0 Å². The standard InChI is InChI=1S/C23H31FN8O3/c1-31(7-9-34-3)23-14-10-13(4-5-19(14)32(2)30-23)27-21-15(20(26)33)11-16(24)22(29-21)28-18-6-8-35-12-17(18)25/h4-5,10-11,17-18H,6-9,12,25H2,1-3H3,(H2,26,33)(H2,27,28,29)/t17-,18+/m0/s1. The molecular formula is C23H31FN8O3. The van der Waals surface area contributed by atoms with Crippen LogP contribution < -0.4 is 27.0 Å². The lowest BCUT2D eigenvalue weighted by Gasteiger charge is -2.30. The Kier molecular flexibility index (Phi) is 7.34. The number of aryl methyl sites for hydroxylation is 1. The molecule has 2 atom stereocenters. The third-order valence-electron chi connectivity index (χ3n) is 6.05. The first kappa shape index (κ1) is 24.6. The Bertz CT molecular complexity index is 1220. The van der Waals surface area contributed by atoms with Crippen LogP contribution in [-0.2, 0) is 16.5 Å². The van der Waals surface area contributed by atoms with Gasteiger partial charge in [-0.05, 0) is 30.7 Å². The molecule has 0 saturated carbocycles. The lowest BCUT2D eigenvalue weighted by molar-refractivity contribution is 0.0751. The number of carbonyl (C=O) groups excluding carboxylic acids is 1. The molecule has 188 valence electrons. The van der Waals surface area contributed by atoms with E-state index in [1.165, 1.54) is 0 Å². The average molecular weight is 487 g/mol. The highest BCUT2D eigenvalue weighted by Crippen LogP contribution is 2.30. The smallest absolute Gasteiger partial charge is 0.252 e. The van der Waals surface area contributed by atoms with Crippen LogP contribution in [0.25, 0.3) is 10.9 Å². The van der Waals surface area contributed by atoms with Crippen LogP contribution in [-0.4, -0.2) is 73.3 Å². The molecule has 2 aromatic heterocycles. The Morgan fingerprint density at radius 3 is 2.89 bits per heavy atom. The van der Waals surface area contributed by atoms with Gasteiger partial charge in [0.05, 0.1) is 24.3 Å². The van der Waals surface area contributed by atoms with Gasteiger partial charge >= 0.3 is 0 Å². The average Bonchev–Trinajstić information content (AvgIpc) is 3.16. The number of anilines is 4. The Hall–Kier alpha value is -3.48. The molecule has 6 N–H and O–H groups in total. The first-order chi connectivity index (χ1) is 16.8. The van der Waals surface area contributed by atoms with E-state index < -0.39 is 11.7 Å². The summed E-state index contributed by atoms with van der Waals surface area (Å²) in [7, 11) is 5.46. The normalized spacial score (nSPS) is 18.0. The second-order valence-electron chi connectivity index (χ2n) is 8.58. The van der Waals surface area contributed by atoms with Gasteiger partial charge in [-0.1, -0.05) is 0 Å². The maximum Gasteiger partial charge on any atom is 0.252 e. The van der Waals surface area contributed by atoms with E-state index >= 15 is 0 Å². The van der Waals surface area contributed by atoms with Crippen molar-refractivity contribution in [3.05, 3.63) is 35.6 Å². The SMILES string of the molecule is COCCN(C)c1nn(C)c2ccc(Nc3nc(N[C@@H]4CCOC[C@@H]4N)c(F)cc3C(N)=O)cc12. The van der Waals surface area contributed by atoms with Crippen molar-refractivity contribution in [1.82, 2.24) is 14.8 Å². The number of hydrogen-bond donors (Lipinski definition) is 4. The summed E-state index contributed by atoms with van der Waals surface area (Å²) in [5, 5.41) is 11.7. The number of ether oxygens (including phenoxy) is 2. The molecule has 4 rings (SSSR count). The summed E-state index contributed by atoms with van der Waals surface area (Å²) < 4.78 is 27.1. The lowest BCUT2D eigenvalue weighted by atomic mass is 10.0. The molecule has 1 saturated heterocycles. The Labute approximate surface area is 202 Å². The van der Waals surface area contributed by atoms with Gasteiger partial charge in [-0.2, -0.15) is 5.10 Å². The quantitative estimate of drug-likeness (QED) is 0.354. The number of hydrogen-bond acceptors (Lipinski definition) is 9. The number of fused-ring (bicyclic) bond motifs is 1. The molecule has 3 aromatic rings. The molecule has 1 aromatic carbocycles. The number of carbonyl (C=O) groups is 1. The second kappa shape index (κ2) is 10.4. The third-order valence-corrected chi connectivity index (χ3v) is 6.05. The maximum atomic E-state index is 14.8. The van der Waals surface area contributed by atoms with Gasteiger partial charge in [-0.3, -0.25) is 9.48 Å². The minimum atomic E-state index is -0.796. The number of amides is 1. The minimum absolute atomic E-state index is 0.0118. The highest BCUT2D eigenvalue weighted by atomic mass is 19.1. The fourth-order valence-corrected chi connectivity index (χ4v) is 4.07. The highest BCUT2D eigenvalue weighted by molar-refractivity contribution is 5.99. The first-order valence-corrected chi connectivity index (χ1v) is 11.3. The first-order valence-electron chi connectivity index (χ1n) is 11.3. The van der Waals surface area contributed by atoms with Crippen LogP contribution in [0.15, 0.2) is 24.3 Å². The molecule has 0 bridgehead atoms. The Morgan fingerprint density at radius 2 is 2.17 bits per heavy atom. The number of nitrogens with zero attached hydrogens (tertiary/aromatic N) is 4. The zero-order chi connectivity index (χ0) is 25.1. The summed E-state index contributed by atoms with van der Waals surface area (Å²) in [5.74, 6) is -0.577. The third kappa shape index (κ3) is 5.29. The number of pyridine rings is 1. The Balaban J connectivity index is 1.67. The predicted octanol–water partition coefficient (Wildman–Crippen LogP) is 1.56. The van der Waals surface area contributed by atoms with E-state index in [-0.39, 0.29) is 29.3 Å². The van der Waals surface area contributed by atoms with Crippen molar-refractivity contribution >= 4 is 40.0 Å². The van der Waals surface area contributed by atoms with E-state index in [2.05, 4.69) is 20.7 Å². The summed E-state index contributed by atoms with van der Waals surface area (Å²) in [6.07, 6.45) is 0.611. The molecule has 35 heavy (non-hydrogen) atoms. The van der Waals surface area contributed by atoms with Gasteiger partial charge in [0.15, 0.2) is 17.5 Å². The summed E-state index contributed by atoms with van der Waals surface area (Å²) in [5.41, 5.74) is 13.1. The molecule has 1 fully saturated rings. The zero-order valence-corrected chi connectivity index (χ0v) is 20.0. The molecule has 3 heterocycles. The van der Waals surface area contributed by atoms with Crippen LogP contribution in [0, 0.1) is 5.82 Å². The van der Waals surface area contributed by atoms with Gasteiger partial charge in [0.2, 0.25) is 0 Å². The fraction of sp³-hybridized carbons (Fsp3) is 0.435. The minimum Gasteiger partial charge on any atom is -0.383 e. The van der Waals surface area contributed by atoms with Crippen molar-refractivity contribution in [2.45, 2.75) is 18.5 Å². The number of benzene rings is 1. The topological polar surface area (TPSA) is 146 Å². The van der Waals surface area contributed by atoms with Gasteiger partial charge in [0.25, 0.3) is 5.91 Å². The number of halogens is 1. The monoisotopic (exact) mass is 486 g/mol. The largest absolute Gasteiger partial charge is 0.383 e. The molecule has 0 spiro atoms. The molecular weight excluding hydrogens is 455 g/mol. The molecule has 1 aliphatic heterocycles. The van der Waals surface area contributed by atoms with Crippen LogP contribution in [0.5, 0.6) is 0 Å². The number of aromatic nitrogens is 3. The molecule has 1 aliphatic rings. The van der Waals surface area contributed by atoms with Gasteiger partial charge < -0.3 is 36.5 Å². The van der Waals surface area contributed by atoms with Crippen molar-refractivity contribution in [2.75, 3.05) is 56.1 Å². The number of methoxy groups -OCH3 is 1. The van der Waals surface area contributed by atoms with E-state index in [9.17, 15) is 9.18 Å². The van der Waals surface area contributed by atoms with Gasteiger partial charge in [-0.25, -0.2) is 9.37 Å². The number of nitrogens with two attached hydrogens (primary N) is 2. The molecule has 11 nitrogen and oxygen atoms in total. The highest BCUT2D eigenvalue weighted by Gasteiger charge is 2.25. The van der Waals surface area contributed by atoms with E-state index in [0.29, 0.717) is 38.5 Å². The number of primary amides is 1. The van der Waals surface area contributed by atoms with Crippen molar-refractivity contribution in [3.63, 3.8) is 0 Å². The zero-order valence-electron chi connectivity index (χ0n) is 20.0. The van der Waals surface area contributed by atoms with E-state index in [1.54, 1.807) is 11.8 Å².